The van der Waals surface area contributed by atoms with Crippen molar-refractivity contribution in [3.63, 3.8) is 0 Å². The summed E-state index contributed by atoms with van der Waals surface area (Å²) in [7, 11) is 0. The van der Waals surface area contributed by atoms with Crippen molar-refractivity contribution in [2.24, 2.45) is 4.99 Å². The summed E-state index contributed by atoms with van der Waals surface area (Å²) in [6.45, 7) is 3.48. The standard InChI is InChI=1S/C15H18FN3O2/c1-3-12(17)14(20)13(18-4-2)15(21)19-9-10-5-7-11(16)8-6-10/h4-8,17,20H,3,9H2,1-2H3,(H,19,21)/b14-13+,17-12?,18-4-. The maximum Gasteiger partial charge on any atom is 0.274 e. The van der Waals surface area contributed by atoms with Crippen molar-refractivity contribution in [3.05, 3.63) is 47.1 Å². The highest BCUT2D eigenvalue weighted by Gasteiger charge is 2.16. The molecule has 1 aromatic carbocycles. The third-order valence-electron chi connectivity index (χ3n) is 2.70. The van der Waals surface area contributed by atoms with E-state index < -0.39 is 11.7 Å². The molecule has 1 aromatic rings. The zero-order valence-electron chi connectivity index (χ0n) is 12.0. The SMILES string of the molecule is C/C=N\C(C(=O)NCc1ccc(F)cc1)=C(\O)C(=N)CC. The first-order chi connectivity index (χ1) is 9.99. The van der Waals surface area contributed by atoms with Crippen LogP contribution in [0, 0.1) is 11.2 Å². The van der Waals surface area contributed by atoms with Gasteiger partial charge in [-0.2, -0.15) is 0 Å². The topological polar surface area (TPSA) is 85.5 Å². The molecule has 3 N–H and O–H groups in total. The van der Waals surface area contributed by atoms with Gasteiger partial charge < -0.3 is 15.8 Å². The molecule has 0 atom stereocenters. The Hall–Kier alpha value is -2.50. The summed E-state index contributed by atoms with van der Waals surface area (Å²) in [6, 6.07) is 5.70. The zero-order chi connectivity index (χ0) is 15.8. The Balaban J connectivity index is 2.83. The fourth-order valence-electron chi connectivity index (χ4n) is 1.54. The summed E-state index contributed by atoms with van der Waals surface area (Å²) in [5, 5.41) is 20.0. The third-order valence-corrected chi connectivity index (χ3v) is 2.70. The van der Waals surface area contributed by atoms with E-state index in [9.17, 15) is 14.3 Å². The molecule has 0 aliphatic heterocycles. The largest absolute Gasteiger partial charge is 0.504 e. The van der Waals surface area contributed by atoms with Crippen LogP contribution in [0.25, 0.3) is 0 Å². The molecule has 6 heteroatoms. The average molecular weight is 291 g/mol. The number of aliphatic hydroxyl groups excluding tert-OH is 1. The van der Waals surface area contributed by atoms with Gasteiger partial charge in [0, 0.05) is 12.8 Å². The van der Waals surface area contributed by atoms with Gasteiger partial charge >= 0.3 is 0 Å². The Morgan fingerprint density at radius 2 is 2.05 bits per heavy atom. The number of amides is 1. The number of carbonyl (C=O) groups is 1. The van der Waals surface area contributed by atoms with Crippen molar-refractivity contribution in [2.75, 3.05) is 0 Å². The molecule has 0 aliphatic rings. The quantitative estimate of drug-likeness (QED) is 0.427. The van der Waals surface area contributed by atoms with Crippen LogP contribution in [0.15, 0.2) is 40.7 Å². The van der Waals surface area contributed by atoms with E-state index in [1.54, 1.807) is 26.0 Å². The Kier molecular flexibility index (Phi) is 6.26. The monoisotopic (exact) mass is 291 g/mol. The average Bonchev–Trinajstić information content (AvgIpc) is 2.50. The number of nitrogens with zero attached hydrogens (tertiary/aromatic N) is 1. The molecule has 112 valence electrons. The van der Waals surface area contributed by atoms with Crippen LogP contribution < -0.4 is 5.32 Å². The highest BCUT2D eigenvalue weighted by molar-refractivity contribution is 6.05. The first-order valence-electron chi connectivity index (χ1n) is 6.52. The van der Waals surface area contributed by atoms with Crippen LogP contribution in [0.1, 0.15) is 25.8 Å². The molecule has 0 heterocycles. The van der Waals surface area contributed by atoms with Crippen LogP contribution in [0.2, 0.25) is 0 Å². The maximum atomic E-state index is 12.8. The minimum atomic E-state index is -0.590. The first kappa shape index (κ1) is 16.6. The molecule has 0 saturated heterocycles. The number of rotatable bonds is 6. The number of aliphatic imine (C=N–C) groups is 1. The summed E-state index contributed by atoms with van der Waals surface area (Å²) in [5.74, 6) is -1.38. The van der Waals surface area contributed by atoms with Crippen LogP contribution in [-0.4, -0.2) is 22.9 Å². The molecule has 0 saturated carbocycles. The van der Waals surface area contributed by atoms with Crippen LogP contribution in [0.3, 0.4) is 0 Å². The number of aliphatic hydroxyl groups is 1. The summed E-state index contributed by atoms with van der Waals surface area (Å²) in [5.41, 5.74) is 0.452. The summed E-state index contributed by atoms with van der Waals surface area (Å²) >= 11 is 0. The van der Waals surface area contributed by atoms with E-state index in [1.165, 1.54) is 18.3 Å². The van der Waals surface area contributed by atoms with Gasteiger partial charge in [-0.1, -0.05) is 19.1 Å². The number of carbonyl (C=O) groups excluding carboxylic acids is 1. The summed E-state index contributed by atoms with van der Waals surface area (Å²) < 4.78 is 12.8. The van der Waals surface area contributed by atoms with E-state index in [-0.39, 0.29) is 23.8 Å². The minimum absolute atomic E-state index is 0.0625. The third kappa shape index (κ3) is 4.83. The Morgan fingerprint density at radius 3 is 2.57 bits per heavy atom. The second kappa shape index (κ2) is 7.94. The normalized spacial score (nSPS) is 12.1. The van der Waals surface area contributed by atoms with Gasteiger partial charge in [-0.25, -0.2) is 4.39 Å². The van der Waals surface area contributed by atoms with Gasteiger partial charge in [-0.3, -0.25) is 9.79 Å². The van der Waals surface area contributed by atoms with Gasteiger partial charge in [-0.05, 0) is 31.0 Å². The number of halogens is 1. The van der Waals surface area contributed by atoms with E-state index in [1.807, 2.05) is 0 Å². The highest BCUT2D eigenvalue weighted by atomic mass is 19.1. The van der Waals surface area contributed by atoms with Crippen LogP contribution in [0.5, 0.6) is 0 Å². The van der Waals surface area contributed by atoms with E-state index in [0.717, 1.165) is 5.56 Å². The lowest BCUT2D eigenvalue weighted by Crippen LogP contribution is -2.26. The second-order valence-electron chi connectivity index (χ2n) is 4.23. The smallest absolute Gasteiger partial charge is 0.274 e. The van der Waals surface area contributed by atoms with Crippen molar-refractivity contribution in [1.29, 1.82) is 5.41 Å². The summed E-state index contributed by atoms with van der Waals surface area (Å²) in [6.07, 6.45) is 1.66. The Labute approximate surface area is 122 Å². The van der Waals surface area contributed by atoms with Crippen LogP contribution in [0.4, 0.5) is 4.39 Å². The number of hydrogen-bond donors (Lipinski definition) is 3. The van der Waals surface area contributed by atoms with Crippen LogP contribution in [-0.2, 0) is 11.3 Å². The molecule has 0 bridgehead atoms. The second-order valence-corrected chi connectivity index (χ2v) is 4.23. The lowest BCUT2D eigenvalue weighted by Gasteiger charge is -2.08. The fraction of sp³-hybridized carbons (Fsp3) is 0.267. The summed E-state index contributed by atoms with van der Waals surface area (Å²) in [4.78, 5) is 15.8. The van der Waals surface area contributed by atoms with Gasteiger partial charge in [0.05, 0.1) is 5.71 Å². The van der Waals surface area contributed by atoms with Crippen molar-refractivity contribution in [3.8, 4) is 0 Å². The van der Waals surface area contributed by atoms with E-state index in [4.69, 9.17) is 5.41 Å². The number of benzene rings is 1. The van der Waals surface area contributed by atoms with E-state index >= 15 is 0 Å². The van der Waals surface area contributed by atoms with Gasteiger partial charge in [0.15, 0.2) is 11.5 Å². The van der Waals surface area contributed by atoms with E-state index in [2.05, 4.69) is 10.3 Å². The van der Waals surface area contributed by atoms with Crippen LogP contribution >= 0.6 is 0 Å². The molecule has 5 nitrogen and oxygen atoms in total. The molecular formula is C15H18FN3O2. The minimum Gasteiger partial charge on any atom is -0.504 e. The molecule has 0 spiro atoms. The molecule has 0 fully saturated rings. The molecule has 0 aliphatic carbocycles. The molecule has 1 rings (SSSR count). The molecular weight excluding hydrogens is 273 g/mol. The van der Waals surface area contributed by atoms with Crippen molar-refractivity contribution in [1.82, 2.24) is 5.32 Å². The molecule has 0 radical (unpaired) electrons. The van der Waals surface area contributed by atoms with Crippen molar-refractivity contribution < 1.29 is 14.3 Å². The zero-order valence-corrected chi connectivity index (χ0v) is 12.0. The molecule has 0 aromatic heterocycles. The number of allylic oxidation sites excluding steroid dienone is 1. The molecule has 0 unspecified atom stereocenters. The number of hydrogen-bond acceptors (Lipinski definition) is 4. The number of nitrogens with one attached hydrogen (secondary N) is 2. The van der Waals surface area contributed by atoms with Gasteiger partial charge in [0.1, 0.15) is 5.82 Å². The molecule has 1 amide bonds. The lowest BCUT2D eigenvalue weighted by atomic mass is 10.2. The van der Waals surface area contributed by atoms with Crippen molar-refractivity contribution in [2.45, 2.75) is 26.8 Å². The Bertz CT molecular complexity index is 577. The molecule has 21 heavy (non-hydrogen) atoms. The van der Waals surface area contributed by atoms with Gasteiger partial charge in [0.25, 0.3) is 5.91 Å². The Morgan fingerprint density at radius 1 is 1.43 bits per heavy atom. The van der Waals surface area contributed by atoms with Gasteiger partial charge in [-0.15, -0.1) is 0 Å². The van der Waals surface area contributed by atoms with Gasteiger partial charge in [0.2, 0.25) is 0 Å². The maximum absolute atomic E-state index is 12.8. The fourth-order valence-corrected chi connectivity index (χ4v) is 1.54. The van der Waals surface area contributed by atoms with E-state index in [0.29, 0.717) is 6.42 Å². The predicted octanol–water partition coefficient (Wildman–Crippen LogP) is 2.73. The predicted molar refractivity (Wildman–Crippen MR) is 80.1 cm³/mol. The lowest BCUT2D eigenvalue weighted by molar-refractivity contribution is -0.117. The highest BCUT2D eigenvalue weighted by Crippen LogP contribution is 2.08. The first-order valence-corrected chi connectivity index (χ1v) is 6.52. The van der Waals surface area contributed by atoms with Crippen molar-refractivity contribution >= 4 is 17.8 Å².